The first-order valence-electron chi connectivity index (χ1n) is 9.12. The molecular formula is C23H20N2O2S. The Bertz CT molecular complexity index is 1140. The average Bonchev–Trinajstić information content (AvgIpc) is 2.73. The quantitative estimate of drug-likeness (QED) is 0.269. The molecule has 0 aliphatic rings. The number of ether oxygens (including phenoxy) is 1. The van der Waals surface area contributed by atoms with Gasteiger partial charge in [0.25, 0.3) is 5.56 Å². The Balaban J connectivity index is 1.60. The van der Waals surface area contributed by atoms with Crippen molar-refractivity contribution in [2.24, 2.45) is 0 Å². The third kappa shape index (κ3) is 3.94. The predicted octanol–water partition coefficient (Wildman–Crippen LogP) is 4.87. The fraction of sp³-hybridized carbons (Fsp3) is 0.130. The molecule has 5 heteroatoms. The molecule has 0 unspecified atom stereocenters. The lowest BCUT2D eigenvalue weighted by Crippen LogP contribution is -2.22. The molecule has 0 amide bonds. The molecule has 140 valence electrons. The molecule has 0 N–H and O–H groups in total. The van der Waals surface area contributed by atoms with E-state index in [9.17, 15) is 4.79 Å². The van der Waals surface area contributed by atoms with E-state index in [1.807, 2.05) is 85.8 Å². The molecule has 1 aromatic heterocycles. The van der Waals surface area contributed by atoms with Gasteiger partial charge in [0, 0.05) is 5.75 Å². The third-order valence-electron chi connectivity index (χ3n) is 4.36. The second-order valence-electron chi connectivity index (χ2n) is 6.40. The number of thioether (sulfide) groups is 1. The predicted molar refractivity (Wildman–Crippen MR) is 115 cm³/mol. The fourth-order valence-electron chi connectivity index (χ4n) is 2.94. The fourth-order valence-corrected chi connectivity index (χ4v) is 3.77. The Hall–Kier alpha value is -3.05. The summed E-state index contributed by atoms with van der Waals surface area (Å²) in [5.74, 6) is 1.53. The lowest BCUT2D eigenvalue weighted by molar-refractivity contribution is 0.344. The number of aryl methyl sites for hydroxylation is 1. The molecule has 0 aliphatic carbocycles. The van der Waals surface area contributed by atoms with E-state index >= 15 is 0 Å². The van der Waals surface area contributed by atoms with Crippen molar-refractivity contribution < 1.29 is 4.74 Å². The zero-order valence-electron chi connectivity index (χ0n) is 15.5. The highest BCUT2D eigenvalue weighted by Crippen LogP contribution is 2.21. The van der Waals surface area contributed by atoms with Crippen LogP contribution in [0.1, 0.15) is 5.56 Å². The van der Waals surface area contributed by atoms with Crippen LogP contribution < -0.4 is 10.3 Å². The first kappa shape index (κ1) is 18.3. The van der Waals surface area contributed by atoms with E-state index in [1.54, 1.807) is 4.57 Å². The summed E-state index contributed by atoms with van der Waals surface area (Å²) >= 11 is 1.52. The molecule has 0 radical (unpaired) electrons. The minimum Gasteiger partial charge on any atom is -0.493 e. The highest BCUT2D eigenvalue weighted by molar-refractivity contribution is 7.99. The van der Waals surface area contributed by atoms with Gasteiger partial charge in [-0.1, -0.05) is 59.8 Å². The van der Waals surface area contributed by atoms with Crippen LogP contribution in [0.25, 0.3) is 16.6 Å². The summed E-state index contributed by atoms with van der Waals surface area (Å²) in [5.41, 5.74) is 2.67. The second kappa shape index (κ2) is 8.31. The van der Waals surface area contributed by atoms with Crippen LogP contribution in [0.3, 0.4) is 0 Å². The third-order valence-corrected chi connectivity index (χ3v) is 5.27. The van der Waals surface area contributed by atoms with Gasteiger partial charge in [-0.15, -0.1) is 0 Å². The van der Waals surface area contributed by atoms with Gasteiger partial charge in [-0.25, -0.2) is 4.98 Å². The molecule has 0 fully saturated rings. The molecule has 0 bridgehead atoms. The van der Waals surface area contributed by atoms with E-state index in [0.29, 0.717) is 28.4 Å². The number of aromatic nitrogens is 2. The van der Waals surface area contributed by atoms with Crippen LogP contribution in [0.4, 0.5) is 0 Å². The monoisotopic (exact) mass is 388 g/mol. The van der Waals surface area contributed by atoms with Crippen LogP contribution in [-0.4, -0.2) is 21.9 Å². The van der Waals surface area contributed by atoms with Crippen molar-refractivity contribution in [1.29, 1.82) is 0 Å². The molecule has 4 nitrogen and oxygen atoms in total. The van der Waals surface area contributed by atoms with Gasteiger partial charge >= 0.3 is 0 Å². The van der Waals surface area contributed by atoms with Crippen molar-refractivity contribution in [2.75, 3.05) is 12.4 Å². The van der Waals surface area contributed by atoms with E-state index in [2.05, 4.69) is 0 Å². The van der Waals surface area contributed by atoms with Gasteiger partial charge in [0.2, 0.25) is 0 Å². The molecule has 1 heterocycles. The van der Waals surface area contributed by atoms with Gasteiger partial charge in [0.15, 0.2) is 5.16 Å². The Morgan fingerprint density at radius 1 is 0.929 bits per heavy atom. The van der Waals surface area contributed by atoms with E-state index < -0.39 is 0 Å². The van der Waals surface area contributed by atoms with E-state index in [-0.39, 0.29) is 5.56 Å². The van der Waals surface area contributed by atoms with E-state index in [4.69, 9.17) is 9.72 Å². The zero-order valence-corrected chi connectivity index (χ0v) is 16.4. The molecule has 0 aliphatic heterocycles. The maximum atomic E-state index is 13.1. The molecule has 0 saturated heterocycles. The summed E-state index contributed by atoms with van der Waals surface area (Å²) in [6.45, 7) is 2.58. The van der Waals surface area contributed by atoms with Crippen molar-refractivity contribution in [3.63, 3.8) is 0 Å². The summed E-state index contributed by atoms with van der Waals surface area (Å²) in [6, 6.07) is 25.1. The lowest BCUT2D eigenvalue weighted by atomic mass is 10.2. The maximum Gasteiger partial charge on any atom is 0.266 e. The molecule has 28 heavy (non-hydrogen) atoms. The van der Waals surface area contributed by atoms with Crippen molar-refractivity contribution in [3.8, 4) is 11.4 Å². The number of fused-ring (bicyclic) bond motifs is 1. The van der Waals surface area contributed by atoms with Crippen LogP contribution in [0.15, 0.2) is 88.8 Å². The minimum atomic E-state index is -0.0567. The Morgan fingerprint density at radius 2 is 1.64 bits per heavy atom. The highest BCUT2D eigenvalue weighted by atomic mass is 32.2. The maximum absolute atomic E-state index is 13.1. The van der Waals surface area contributed by atoms with Crippen LogP contribution in [-0.2, 0) is 0 Å². The van der Waals surface area contributed by atoms with E-state index in [1.165, 1.54) is 17.3 Å². The number of para-hydroxylation sites is 2. The second-order valence-corrected chi connectivity index (χ2v) is 7.46. The molecule has 0 saturated carbocycles. The molecular weight excluding hydrogens is 368 g/mol. The average molecular weight is 388 g/mol. The van der Waals surface area contributed by atoms with Crippen LogP contribution in [0.2, 0.25) is 0 Å². The first-order chi connectivity index (χ1) is 13.7. The number of nitrogens with zero attached hydrogens (tertiary/aromatic N) is 2. The normalized spacial score (nSPS) is 10.9. The molecule has 0 spiro atoms. The summed E-state index contributed by atoms with van der Waals surface area (Å²) in [4.78, 5) is 17.9. The smallest absolute Gasteiger partial charge is 0.266 e. The Kier molecular flexibility index (Phi) is 5.44. The SMILES string of the molecule is Cc1ccc(OCCSc2nc3ccccc3c(=O)n2-c2ccccc2)cc1. The van der Waals surface area contributed by atoms with Crippen molar-refractivity contribution in [2.45, 2.75) is 12.1 Å². The molecule has 0 atom stereocenters. The van der Waals surface area contributed by atoms with Gasteiger partial charge in [-0.2, -0.15) is 0 Å². The van der Waals surface area contributed by atoms with Crippen LogP contribution in [0.5, 0.6) is 5.75 Å². The number of hydrogen-bond acceptors (Lipinski definition) is 4. The van der Waals surface area contributed by atoms with Crippen molar-refractivity contribution >= 4 is 22.7 Å². The summed E-state index contributed by atoms with van der Waals surface area (Å²) in [5, 5.41) is 1.29. The number of hydrogen-bond donors (Lipinski definition) is 0. The van der Waals surface area contributed by atoms with Crippen LogP contribution in [0, 0.1) is 6.92 Å². The van der Waals surface area contributed by atoms with E-state index in [0.717, 1.165) is 11.4 Å². The largest absolute Gasteiger partial charge is 0.493 e. The Labute approximate surface area is 167 Å². The zero-order chi connectivity index (χ0) is 19.3. The Morgan fingerprint density at radius 3 is 2.43 bits per heavy atom. The highest BCUT2D eigenvalue weighted by Gasteiger charge is 2.13. The minimum absolute atomic E-state index is 0.0567. The van der Waals surface area contributed by atoms with Gasteiger partial charge in [-0.05, 0) is 43.3 Å². The summed E-state index contributed by atoms with van der Waals surface area (Å²) in [7, 11) is 0. The number of rotatable bonds is 6. The molecule has 4 aromatic rings. The van der Waals surface area contributed by atoms with Crippen molar-refractivity contribution in [3.05, 3.63) is 94.8 Å². The van der Waals surface area contributed by atoms with Gasteiger partial charge in [-0.3, -0.25) is 9.36 Å². The van der Waals surface area contributed by atoms with Crippen molar-refractivity contribution in [1.82, 2.24) is 9.55 Å². The van der Waals surface area contributed by atoms with Gasteiger partial charge in [0.1, 0.15) is 5.75 Å². The number of benzene rings is 3. The molecule has 4 rings (SSSR count). The topological polar surface area (TPSA) is 44.1 Å². The standard InChI is InChI=1S/C23H20N2O2S/c1-17-11-13-19(14-12-17)27-15-16-28-23-24-21-10-6-5-9-20(21)22(26)25(23)18-7-3-2-4-8-18/h2-14H,15-16H2,1H3. The van der Waals surface area contributed by atoms with Crippen LogP contribution >= 0.6 is 11.8 Å². The first-order valence-corrected chi connectivity index (χ1v) is 10.1. The molecule has 3 aromatic carbocycles. The van der Waals surface area contributed by atoms with Gasteiger partial charge in [0.05, 0.1) is 23.2 Å². The van der Waals surface area contributed by atoms with Gasteiger partial charge < -0.3 is 4.74 Å². The summed E-state index contributed by atoms with van der Waals surface area (Å²) in [6.07, 6.45) is 0. The lowest BCUT2D eigenvalue weighted by Gasteiger charge is -2.13. The summed E-state index contributed by atoms with van der Waals surface area (Å²) < 4.78 is 7.49.